The second-order valence-corrected chi connectivity index (χ2v) is 4.25. The number of carboxylic acid groups (broad SMARTS) is 1. The van der Waals surface area contributed by atoms with Crippen LogP contribution in [0.1, 0.15) is 18.4 Å². The third-order valence-corrected chi connectivity index (χ3v) is 2.52. The normalized spacial score (nSPS) is 10.4. The third-order valence-electron chi connectivity index (χ3n) is 2.52. The van der Waals surface area contributed by atoms with Gasteiger partial charge in [-0.2, -0.15) is 8.78 Å². The summed E-state index contributed by atoms with van der Waals surface area (Å²) in [4.78, 5) is 21.6. The predicted molar refractivity (Wildman–Crippen MR) is 70.1 cm³/mol. The number of carbonyl (C=O) groups is 2. The van der Waals surface area contributed by atoms with Gasteiger partial charge in [-0.1, -0.05) is 6.07 Å². The van der Waals surface area contributed by atoms with Crippen molar-refractivity contribution in [3.8, 4) is 5.75 Å². The highest BCUT2D eigenvalue weighted by atomic mass is 19.3. The molecule has 0 atom stereocenters. The molecule has 0 radical (unpaired) electrons. The van der Waals surface area contributed by atoms with Crippen LogP contribution in [0.2, 0.25) is 0 Å². The van der Waals surface area contributed by atoms with Gasteiger partial charge in [0.25, 0.3) is 0 Å². The van der Waals surface area contributed by atoms with Crippen LogP contribution in [0, 0.1) is 5.82 Å². The molecule has 6 nitrogen and oxygen atoms in total. The summed E-state index contributed by atoms with van der Waals surface area (Å²) in [5.41, 5.74) is 0.361. The first-order valence-corrected chi connectivity index (χ1v) is 6.35. The molecule has 0 aromatic heterocycles. The van der Waals surface area contributed by atoms with Crippen LogP contribution >= 0.6 is 0 Å². The Morgan fingerprint density at radius 2 is 2.00 bits per heavy atom. The number of urea groups is 1. The van der Waals surface area contributed by atoms with Crippen LogP contribution in [0.25, 0.3) is 0 Å². The lowest BCUT2D eigenvalue weighted by Crippen LogP contribution is -2.35. The predicted octanol–water partition coefficient (Wildman–Crippen LogP) is 2.09. The van der Waals surface area contributed by atoms with Crippen molar-refractivity contribution in [3.63, 3.8) is 0 Å². The number of amides is 2. The highest BCUT2D eigenvalue weighted by Crippen LogP contribution is 2.20. The molecule has 3 N–H and O–H groups in total. The Bertz CT molecular complexity index is 526. The third kappa shape index (κ3) is 6.82. The molecule has 0 saturated heterocycles. The standard InChI is InChI=1S/C13H15F3N2O4/c14-9-6-8(3-4-10(9)22-12(15)16)7-18-13(21)17-5-1-2-11(19)20/h3-4,6,12H,1-2,5,7H2,(H,19,20)(H2,17,18,21). The maximum Gasteiger partial charge on any atom is 0.387 e. The first-order chi connectivity index (χ1) is 10.4. The molecule has 1 rings (SSSR count). The quantitative estimate of drug-likeness (QED) is 0.640. The topological polar surface area (TPSA) is 87.7 Å². The van der Waals surface area contributed by atoms with Crippen molar-refractivity contribution in [2.75, 3.05) is 6.54 Å². The average Bonchev–Trinajstić information content (AvgIpc) is 2.43. The molecule has 0 fully saturated rings. The molecule has 22 heavy (non-hydrogen) atoms. The maximum absolute atomic E-state index is 13.4. The van der Waals surface area contributed by atoms with Crippen molar-refractivity contribution in [1.29, 1.82) is 0 Å². The van der Waals surface area contributed by atoms with Gasteiger partial charge >= 0.3 is 18.6 Å². The van der Waals surface area contributed by atoms with Crippen LogP contribution in [0.5, 0.6) is 5.75 Å². The minimum atomic E-state index is -3.12. The maximum atomic E-state index is 13.4. The summed E-state index contributed by atoms with van der Waals surface area (Å²) in [5.74, 6) is -2.48. The van der Waals surface area contributed by atoms with Gasteiger partial charge in [0.15, 0.2) is 11.6 Å². The van der Waals surface area contributed by atoms with Crippen LogP contribution in [0.15, 0.2) is 18.2 Å². The summed E-state index contributed by atoms with van der Waals surface area (Å²) in [6, 6.07) is 2.82. The molecule has 0 aliphatic carbocycles. The SMILES string of the molecule is O=C(O)CCCNC(=O)NCc1ccc(OC(F)F)c(F)c1. The van der Waals surface area contributed by atoms with Gasteiger partial charge in [0.2, 0.25) is 0 Å². The second-order valence-electron chi connectivity index (χ2n) is 4.25. The van der Waals surface area contributed by atoms with E-state index in [0.717, 1.165) is 12.1 Å². The highest BCUT2D eigenvalue weighted by Gasteiger charge is 2.10. The molecule has 0 unspecified atom stereocenters. The summed E-state index contributed by atoms with van der Waals surface area (Å²) in [6.45, 7) is -2.94. The summed E-state index contributed by atoms with van der Waals surface area (Å²) in [6.07, 6.45) is 0.230. The van der Waals surface area contributed by atoms with Crippen molar-refractivity contribution in [3.05, 3.63) is 29.6 Å². The van der Waals surface area contributed by atoms with Gasteiger partial charge in [0, 0.05) is 19.5 Å². The Balaban J connectivity index is 2.36. The number of ether oxygens (including phenoxy) is 1. The number of carbonyl (C=O) groups excluding carboxylic acids is 1. The largest absolute Gasteiger partial charge is 0.481 e. The number of benzene rings is 1. The number of hydrogen-bond donors (Lipinski definition) is 3. The summed E-state index contributed by atoms with van der Waals surface area (Å²) in [7, 11) is 0. The zero-order valence-corrected chi connectivity index (χ0v) is 11.4. The van der Waals surface area contributed by atoms with Crippen LogP contribution in [-0.4, -0.2) is 30.3 Å². The fraction of sp³-hybridized carbons (Fsp3) is 0.385. The smallest absolute Gasteiger partial charge is 0.387 e. The summed E-state index contributed by atoms with van der Waals surface area (Å²) >= 11 is 0. The van der Waals surface area contributed by atoms with Crippen molar-refractivity contribution in [2.45, 2.75) is 26.0 Å². The molecule has 2 amide bonds. The zero-order chi connectivity index (χ0) is 16.5. The molecule has 0 spiro atoms. The van der Waals surface area contributed by atoms with Gasteiger partial charge in [-0.3, -0.25) is 4.79 Å². The summed E-state index contributed by atoms with van der Waals surface area (Å²) < 4.78 is 41.3. The van der Waals surface area contributed by atoms with E-state index in [9.17, 15) is 22.8 Å². The first-order valence-electron chi connectivity index (χ1n) is 6.35. The molecular weight excluding hydrogens is 305 g/mol. The number of halogens is 3. The van der Waals surface area contributed by atoms with E-state index in [1.165, 1.54) is 6.07 Å². The van der Waals surface area contributed by atoms with Gasteiger partial charge in [-0.15, -0.1) is 0 Å². The molecule has 122 valence electrons. The Morgan fingerprint density at radius 1 is 1.27 bits per heavy atom. The molecule has 0 aliphatic rings. The van der Waals surface area contributed by atoms with Crippen LogP contribution in [-0.2, 0) is 11.3 Å². The molecule has 0 aliphatic heterocycles. The van der Waals surface area contributed by atoms with Crippen molar-refractivity contribution in [2.24, 2.45) is 0 Å². The van der Waals surface area contributed by atoms with Gasteiger partial charge in [0.05, 0.1) is 0 Å². The van der Waals surface area contributed by atoms with E-state index in [4.69, 9.17) is 5.11 Å². The number of rotatable bonds is 8. The van der Waals surface area contributed by atoms with E-state index in [-0.39, 0.29) is 25.9 Å². The van der Waals surface area contributed by atoms with Crippen LogP contribution in [0.4, 0.5) is 18.0 Å². The Labute approximate surface area is 124 Å². The lowest BCUT2D eigenvalue weighted by Gasteiger charge is -2.09. The minimum absolute atomic E-state index is 0.0172. The molecule has 0 heterocycles. The van der Waals surface area contributed by atoms with Crippen LogP contribution < -0.4 is 15.4 Å². The highest BCUT2D eigenvalue weighted by molar-refractivity contribution is 5.73. The fourth-order valence-electron chi connectivity index (χ4n) is 1.53. The lowest BCUT2D eigenvalue weighted by molar-refractivity contribution is -0.137. The summed E-state index contributed by atoms with van der Waals surface area (Å²) in [5, 5.41) is 13.3. The van der Waals surface area contributed by atoms with Crippen molar-refractivity contribution in [1.82, 2.24) is 10.6 Å². The van der Waals surface area contributed by atoms with Gasteiger partial charge < -0.3 is 20.5 Å². The monoisotopic (exact) mass is 320 g/mol. The van der Waals surface area contributed by atoms with E-state index < -0.39 is 30.2 Å². The zero-order valence-electron chi connectivity index (χ0n) is 11.4. The van der Waals surface area contributed by atoms with Crippen molar-refractivity contribution < 1.29 is 32.6 Å². The molecule has 0 bridgehead atoms. The number of alkyl halides is 2. The van der Waals surface area contributed by atoms with Gasteiger partial charge in [-0.05, 0) is 24.1 Å². The van der Waals surface area contributed by atoms with E-state index in [1.807, 2.05) is 0 Å². The molecule has 1 aromatic rings. The number of aliphatic carboxylic acids is 1. The Kier molecular flexibility index (Phi) is 7.00. The van der Waals surface area contributed by atoms with E-state index in [1.54, 1.807) is 0 Å². The number of hydrogen-bond acceptors (Lipinski definition) is 3. The molecular formula is C13H15F3N2O4. The van der Waals surface area contributed by atoms with Gasteiger partial charge in [0.1, 0.15) is 0 Å². The molecule has 9 heteroatoms. The van der Waals surface area contributed by atoms with E-state index in [2.05, 4.69) is 15.4 Å². The Morgan fingerprint density at radius 3 is 2.59 bits per heavy atom. The number of carboxylic acids is 1. The minimum Gasteiger partial charge on any atom is -0.481 e. The second kappa shape index (κ2) is 8.75. The van der Waals surface area contributed by atoms with E-state index >= 15 is 0 Å². The van der Waals surface area contributed by atoms with E-state index in [0.29, 0.717) is 5.56 Å². The molecule has 1 aromatic carbocycles. The first kappa shape index (κ1) is 17.6. The average molecular weight is 320 g/mol. The van der Waals surface area contributed by atoms with Crippen molar-refractivity contribution >= 4 is 12.0 Å². The fourth-order valence-corrected chi connectivity index (χ4v) is 1.53. The van der Waals surface area contributed by atoms with Crippen LogP contribution in [0.3, 0.4) is 0 Å². The number of nitrogens with one attached hydrogen (secondary N) is 2. The molecule has 0 saturated carbocycles. The lowest BCUT2D eigenvalue weighted by atomic mass is 10.2. The van der Waals surface area contributed by atoms with Gasteiger partial charge in [-0.25, -0.2) is 9.18 Å². The Hall–Kier alpha value is -2.45.